The summed E-state index contributed by atoms with van der Waals surface area (Å²) in [4.78, 5) is 0. The zero-order chi connectivity index (χ0) is 10.6. The minimum Gasteiger partial charge on any atom is -0.312 e. The first-order chi connectivity index (χ1) is 6.59. The maximum Gasteiger partial charge on any atom is 0.126 e. The van der Waals surface area contributed by atoms with Gasteiger partial charge in [-0.2, -0.15) is 0 Å². The van der Waals surface area contributed by atoms with Crippen molar-refractivity contribution >= 4 is 0 Å². The zero-order valence-electron chi connectivity index (χ0n) is 9.10. The molecule has 0 spiro atoms. The highest BCUT2D eigenvalue weighted by Gasteiger charge is 1.99. The smallest absolute Gasteiger partial charge is 0.126 e. The Morgan fingerprint density at radius 1 is 1.36 bits per heavy atom. The Labute approximate surface area is 85.3 Å². The number of rotatable bonds is 4. The SMILES string of the molecule is Cc1ccc(CNCC(C)C)cc1F. The fraction of sp³-hybridized carbons (Fsp3) is 0.500. The molecule has 0 aromatic heterocycles. The van der Waals surface area contributed by atoms with Crippen LogP contribution in [0, 0.1) is 18.7 Å². The average Bonchev–Trinajstić information content (AvgIpc) is 2.10. The van der Waals surface area contributed by atoms with Gasteiger partial charge in [-0.05, 0) is 36.6 Å². The fourth-order valence-corrected chi connectivity index (χ4v) is 1.25. The van der Waals surface area contributed by atoms with Gasteiger partial charge in [0.05, 0.1) is 0 Å². The van der Waals surface area contributed by atoms with Crippen LogP contribution in [-0.4, -0.2) is 6.54 Å². The van der Waals surface area contributed by atoms with Gasteiger partial charge in [0.25, 0.3) is 0 Å². The summed E-state index contributed by atoms with van der Waals surface area (Å²) in [5.74, 6) is 0.513. The van der Waals surface area contributed by atoms with E-state index in [0.29, 0.717) is 11.5 Å². The molecule has 0 fully saturated rings. The van der Waals surface area contributed by atoms with Gasteiger partial charge in [-0.15, -0.1) is 0 Å². The number of hydrogen-bond acceptors (Lipinski definition) is 1. The molecule has 1 aromatic rings. The van der Waals surface area contributed by atoms with Crippen molar-refractivity contribution in [2.24, 2.45) is 5.92 Å². The third kappa shape index (κ3) is 3.46. The molecule has 0 aliphatic carbocycles. The highest BCUT2D eigenvalue weighted by atomic mass is 19.1. The molecule has 1 rings (SSSR count). The van der Waals surface area contributed by atoms with Gasteiger partial charge < -0.3 is 5.32 Å². The molecule has 0 atom stereocenters. The lowest BCUT2D eigenvalue weighted by molar-refractivity contribution is 0.549. The second-order valence-corrected chi connectivity index (χ2v) is 4.11. The molecule has 0 amide bonds. The molecule has 1 aromatic carbocycles. The van der Waals surface area contributed by atoms with Crippen molar-refractivity contribution in [3.8, 4) is 0 Å². The molecule has 0 aliphatic rings. The van der Waals surface area contributed by atoms with Crippen LogP contribution < -0.4 is 5.32 Å². The fourth-order valence-electron chi connectivity index (χ4n) is 1.25. The molecule has 0 heterocycles. The highest BCUT2D eigenvalue weighted by molar-refractivity contribution is 5.23. The molecule has 1 nitrogen and oxygen atoms in total. The highest BCUT2D eigenvalue weighted by Crippen LogP contribution is 2.08. The molecule has 0 saturated heterocycles. The van der Waals surface area contributed by atoms with Crippen LogP contribution in [0.1, 0.15) is 25.0 Å². The Kier molecular flexibility index (Phi) is 4.08. The molecule has 2 heteroatoms. The lowest BCUT2D eigenvalue weighted by atomic mass is 10.1. The van der Waals surface area contributed by atoms with E-state index in [1.165, 1.54) is 0 Å². The number of halogens is 1. The van der Waals surface area contributed by atoms with Crippen molar-refractivity contribution in [1.29, 1.82) is 0 Å². The minimum absolute atomic E-state index is 0.117. The molecule has 0 unspecified atom stereocenters. The van der Waals surface area contributed by atoms with Crippen LogP contribution >= 0.6 is 0 Å². The van der Waals surface area contributed by atoms with Crippen molar-refractivity contribution in [2.75, 3.05) is 6.54 Å². The van der Waals surface area contributed by atoms with Crippen molar-refractivity contribution in [3.63, 3.8) is 0 Å². The maximum absolute atomic E-state index is 13.1. The van der Waals surface area contributed by atoms with E-state index in [-0.39, 0.29) is 5.82 Å². The first kappa shape index (κ1) is 11.2. The standard InChI is InChI=1S/C12H18FN/c1-9(2)7-14-8-11-5-4-10(3)12(13)6-11/h4-6,9,14H,7-8H2,1-3H3. The van der Waals surface area contributed by atoms with Crippen molar-refractivity contribution < 1.29 is 4.39 Å². The summed E-state index contributed by atoms with van der Waals surface area (Å²) in [5, 5.41) is 3.28. The van der Waals surface area contributed by atoms with Gasteiger partial charge in [0.1, 0.15) is 5.82 Å². The Balaban J connectivity index is 2.47. The Morgan fingerprint density at radius 2 is 2.07 bits per heavy atom. The third-order valence-electron chi connectivity index (χ3n) is 2.12. The lowest BCUT2D eigenvalue weighted by Gasteiger charge is -2.07. The summed E-state index contributed by atoms with van der Waals surface area (Å²) in [6.07, 6.45) is 0. The zero-order valence-corrected chi connectivity index (χ0v) is 9.10. The van der Waals surface area contributed by atoms with E-state index in [9.17, 15) is 4.39 Å². The number of aryl methyl sites for hydroxylation is 1. The molecule has 14 heavy (non-hydrogen) atoms. The largest absolute Gasteiger partial charge is 0.312 e. The normalized spacial score (nSPS) is 10.9. The van der Waals surface area contributed by atoms with Crippen LogP contribution in [0.5, 0.6) is 0 Å². The molecule has 0 bridgehead atoms. The molecule has 1 N–H and O–H groups in total. The first-order valence-electron chi connectivity index (χ1n) is 5.05. The summed E-state index contributed by atoms with van der Waals surface area (Å²) in [6.45, 7) is 7.80. The average molecular weight is 195 g/mol. The Bertz CT molecular complexity index is 294. The quantitative estimate of drug-likeness (QED) is 0.779. The van der Waals surface area contributed by atoms with Gasteiger partial charge in [0.2, 0.25) is 0 Å². The van der Waals surface area contributed by atoms with E-state index in [0.717, 1.165) is 18.7 Å². The van der Waals surface area contributed by atoms with Crippen molar-refractivity contribution in [1.82, 2.24) is 5.32 Å². The van der Waals surface area contributed by atoms with E-state index in [4.69, 9.17) is 0 Å². The first-order valence-corrected chi connectivity index (χ1v) is 5.05. The third-order valence-corrected chi connectivity index (χ3v) is 2.12. The van der Waals surface area contributed by atoms with Crippen molar-refractivity contribution in [3.05, 3.63) is 35.1 Å². The molecule has 0 radical (unpaired) electrons. The topological polar surface area (TPSA) is 12.0 Å². The monoisotopic (exact) mass is 195 g/mol. The van der Waals surface area contributed by atoms with Gasteiger partial charge in [0, 0.05) is 6.54 Å². The second kappa shape index (κ2) is 5.11. The predicted octanol–water partition coefficient (Wildman–Crippen LogP) is 2.88. The van der Waals surface area contributed by atoms with E-state index >= 15 is 0 Å². The number of benzene rings is 1. The van der Waals surface area contributed by atoms with Gasteiger partial charge >= 0.3 is 0 Å². The lowest BCUT2D eigenvalue weighted by Crippen LogP contribution is -2.19. The summed E-state index contributed by atoms with van der Waals surface area (Å²) in [6, 6.07) is 5.39. The minimum atomic E-state index is -0.117. The van der Waals surface area contributed by atoms with E-state index in [1.54, 1.807) is 13.0 Å². The number of nitrogens with one attached hydrogen (secondary N) is 1. The summed E-state index contributed by atoms with van der Waals surface area (Å²) in [5.41, 5.74) is 1.71. The van der Waals surface area contributed by atoms with Crippen molar-refractivity contribution in [2.45, 2.75) is 27.3 Å². The predicted molar refractivity (Wildman–Crippen MR) is 57.7 cm³/mol. The van der Waals surface area contributed by atoms with Crippen LogP contribution in [0.4, 0.5) is 4.39 Å². The van der Waals surface area contributed by atoms with Gasteiger partial charge in [-0.3, -0.25) is 0 Å². The van der Waals surface area contributed by atoms with E-state index in [2.05, 4.69) is 19.2 Å². The molecular formula is C12H18FN. The van der Waals surface area contributed by atoms with E-state index < -0.39 is 0 Å². The van der Waals surface area contributed by atoms with Crippen LogP contribution in [0.15, 0.2) is 18.2 Å². The van der Waals surface area contributed by atoms with Crippen LogP contribution in [0.25, 0.3) is 0 Å². The number of hydrogen-bond donors (Lipinski definition) is 1. The molecular weight excluding hydrogens is 177 g/mol. The maximum atomic E-state index is 13.1. The Morgan fingerprint density at radius 3 is 2.64 bits per heavy atom. The van der Waals surface area contributed by atoms with Crippen LogP contribution in [0.3, 0.4) is 0 Å². The second-order valence-electron chi connectivity index (χ2n) is 4.11. The molecule has 78 valence electrons. The van der Waals surface area contributed by atoms with E-state index in [1.807, 2.05) is 12.1 Å². The van der Waals surface area contributed by atoms with Crippen LogP contribution in [0.2, 0.25) is 0 Å². The summed E-state index contributed by atoms with van der Waals surface area (Å²) < 4.78 is 13.1. The summed E-state index contributed by atoms with van der Waals surface area (Å²) in [7, 11) is 0. The van der Waals surface area contributed by atoms with Gasteiger partial charge in [0.15, 0.2) is 0 Å². The molecule has 0 aliphatic heterocycles. The summed E-state index contributed by atoms with van der Waals surface area (Å²) >= 11 is 0. The van der Waals surface area contributed by atoms with Gasteiger partial charge in [-0.1, -0.05) is 26.0 Å². The van der Waals surface area contributed by atoms with Crippen LogP contribution in [-0.2, 0) is 6.54 Å². The molecule has 0 saturated carbocycles. The van der Waals surface area contributed by atoms with Gasteiger partial charge in [-0.25, -0.2) is 4.39 Å². The Hall–Kier alpha value is -0.890.